The first kappa shape index (κ1) is 22.2. The maximum atomic E-state index is 13.1. The molecule has 1 fully saturated rings. The molecule has 0 aromatic heterocycles. The molecular weight excluding hydrogens is 424 g/mol. The maximum Gasteiger partial charge on any atom is 0.253 e. The minimum atomic E-state index is 0.0608. The van der Waals surface area contributed by atoms with Gasteiger partial charge >= 0.3 is 0 Å². The van der Waals surface area contributed by atoms with Crippen molar-refractivity contribution in [2.45, 2.75) is 13.2 Å². The number of ether oxygens (including phenoxy) is 2. The summed E-state index contributed by atoms with van der Waals surface area (Å²) in [6.45, 7) is 4.33. The van der Waals surface area contributed by atoms with Crippen molar-refractivity contribution in [2.24, 2.45) is 0 Å². The summed E-state index contributed by atoms with van der Waals surface area (Å²) in [5.74, 6) is 1.57. The number of amides is 1. The van der Waals surface area contributed by atoms with E-state index in [9.17, 15) is 4.79 Å². The number of hydrogen-bond donors (Lipinski definition) is 0. The number of benzene rings is 3. The number of piperazine rings is 1. The van der Waals surface area contributed by atoms with Gasteiger partial charge in [0.2, 0.25) is 0 Å². The van der Waals surface area contributed by atoms with E-state index in [-0.39, 0.29) is 5.91 Å². The Morgan fingerprint density at radius 3 is 2.44 bits per heavy atom. The van der Waals surface area contributed by atoms with E-state index < -0.39 is 0 Å². The lowest BCUT2D eigenvalue weighted by Crippen LogP contribution is -2.48. The highest BCUT2D eigenvalue weighted by Crippen LogP contribution is 2.24. The Kier molecular flexibility index (Phi) is 7.30. The minimum absolute atomic E-state index is 0.0608. The van der Waals surface area contributed by atoms with Crippen LogP contribution in [-0.2, 0) is 13.2 Å². The Morgan fingerprint density at radius 1 is 0.906 bits per heavy atom. The molecule has 1 aliphatic heterocycles. The zero-order valence-electron chi connectivity index (χ0n) is 18.2. The van der Waals surface area contributed by atoms with Gasteiger partial charge in [0.25, 0.3) is 5.91 Å². The molecule has 1 saturated heterocycles. The van der Waals surface area contributed by atoms with Gasteiger partial charge in [-0.15, -0.1) is 0 Å². The normalized spacial score (nSPS) is 14.2. The molecule has 5 nitrogen and oxygen atoms in total. The number of halogens is 1. The average Bonchev–Trinajstić information content (AvgIpc) is 2.84. The van der Waals surface area contributed by atoms with Crippen LogP contribution in [0.3, 0.4) is 0 Å². The van der Waals surface area contributed by atoms with Crippen molar-refractivity contribution in [2.75, 3.05) is 33.3 Å². The summed E-state index contributed by atoms with van der Waals surface area (Å²) in [5.41, 5.74) is 2.84. The van der Waals surface area contributed by atoms with Gasteiger partial charge < -0.3 is 14.4 Å². The number of carbonyl (C=O) groups is 1. The molecule has 3 aromatic carbocycles. The molecule has 4 rings (SSSR count). The van der Waals surface area contributed by atoms with Crippen LogP contribution in [0.15, 0.2) is 72.8 Å². The van der Waals surface area contributed by atoms with E-state index in [4.69, 9.17) is 21.1 Å². The largest absolute Gasteiger partial charge is 0.497 e. The molecule has 0 atom stereocenters. The monoisotopic (exact) mass is 450 g/mol. The highest BCUT2D eigenvalue weighted by Gasteiger charge is 2.22. The summed E-state index contributed by atoms with van der Waals surface area (Å²) >= 11 is 6.16. The second-order valence-corrected chi connectivity index (χ2v) is 8.25. The summed E-state index contributed by atoms with van der Waals surface area (Å²) in [6, 6.07) is 23.1. The first-order valence-corrected chi connectivity index (χ1v) is 11.1. The van der Waals surface area contributed by atoms with Gasteiger partial charge in [-0.3, -0.25) is 9.69 Å². The van der Waals surface area contributed by atoms with Crippen LogP contribution in [-0.4, -0.2) is 49.0 Å². The lowest BCUT2D eigenvalue weighted by Gasteiger charge is -2.35. The Hall–Kier alpha value is -3.02. The molecule has 1 aliphatic rings. The lowest BCUT2D eigenvalue weighted by molar-refractivity contribution is 0.0628. The molecule has 0 bridgehead atoms. The molecule has 6 heteroatoms. The van der Waals surface area contributed by atoms with Gasteiger partial charge in [-0.1, -0.05) is 48.0 Å². The van der Waals surface area contributed by atoms with Crippen LogP contribution < -0.4 is 9.47 Å². The molecule has 1 heterocycles. The number of methoxy groups -OCH3 is 1. The molecule has 32 heavy (non-hydrogen) atoms. The Bertz CT molecular complexity index is 1060. The van der Waals surface area contributed by atoms with E-state index in [0.29, 0.717) is 36.0 Å². The highest BCUT2D eigenvalue weighted by molar-refractivity contribution is 6.32. The third-order valence-electron chi connectivity index (χ3n) is 5.60. The van der Waals surface area contributed by atoms with Gasteiger partial charge in [0.05, 0.1) is 12.1 Å². The SMILES string of the molecule is COc1cccc(CN2CCN(C(=O)c3cccc(COc4ccccc4Cl)c3)CC2)c1. The molecular formula is C26H27ClN2O3. The average molecular weight is 451 g/mol. The van der Waals surface area contributed by atoms with Crippen molar-refractivity contribution >= 4 is 17.5 Å². The molecule has 0 radical (unpaired) electrons. The van der Waals surface area contributed by atoms with Crippen LogP contribution in [0, 0.1) is 0 Å². The third kappa shape index (κ3) is 5.61. The van der Waals surface area contributed by atoms with Crippen molar-refractivity contribution in [1.82, 2.24) is 9.80 Å². The summed E-state index contributed by atoms with van der Waals surface area (Å²) in [6.07, 6.45) is 0. The van der Waals surface area contributed by atoms with Crippen LogP contribution in [0.4, 0.5) is 0 Å². The number of nitrogens with zero attached hydrogens (tertiary/aromatic N) is 2. The molecule has 1 amide bonds. The van der Waals surface area contributed by atoms with Crippen molar-refractivity contribution in [3.8, 4) is 11.5 Å². The van der Waals surface area contributed by atoms with Crippen LogP contribution >= 0.6 is 11.6 Å². The van der Waals surface area contributed by atoms with Gasteiger partial charge in [0.15, 0.2) is 0 Å². The fraction of sp³-hybridized carbons (Fsp3) is 0.269. The summed E-state index contributed by atoms with van der Waals surface area (Å²) in [7, 11) is 1.68. The van der Waals surface area contributed by atoms with E-state index >= 15 is 0 Å². The number of para-hydroxylation sites is 1. The first-order valence-electron chi connectivity index (χ1n) is 10.7. The Balaban J connectivity index is 1.32. The molecule has 0 unspecified atom stereocenters. The van der Waals surface area contributed by atoms with Gasteiger partial charge in [-0.2, -0.15) is 0 Å². The first-order chi connectivity index (χ1) is 15.6. The summed E-state index contributed by atoms with van der Waals surface area (Å²) in [4.78, 5) is 17.4. The summed E-state index contributed by atoms with van der Waals surface area (Å²) < 4.78 is 11.1. The van der Waals surface area contributed by atoms with Gasteiger partial charge in [0, 0.05) is 38.3 Å². The van der Waals surface area contributed by atoms with E-state index in [1.54, 1.807) is 13.2 Å². The molecule has 0 spiro atoms. The van der Waals surface area contributed by atoms with Crippen molar-refractivity contribution in [3.05, 3.63) is 94.5 Å². The van der Waals surface area contributed by atoms with Gasteiger partial charge in [0.1, 0.15) is 18.1 Å². The molecule has 0 N–H and O–H groups in total. The van der Waals surface area contributed by atoms with Crippen LogP contribution in [0.25, 0.3) is 0 Å². The van der Waals surface area contributed by atoms with E-state index in [2.05, 4.69) is 17.0 Å². The standard InChI is InChI=1S/C26H27ClN2O3/c1-31-23-9-5-6-20(17-23)18-28-12-14-29(15-13-28)26(30)22-8-4-7-21(16-22)19-32-25-11-3-2-10-24(25)27/h2-11,16-17H,12-15,18-19H2,1H3. The molecule has 0 aliphatic carbocycles. The fourth-order valence-electron chi connectivity index (χ4n) is 3.84. The van der Waals surface area contributed by atoms with Crippen molar-refractivity contribution < 1.29 is 14.3 Å². The zero-order valence-corrected chi connectivity index (χ0v) is 18.9. The predicted molar refractivity (Wildman–Crippen MR) is 126 cm³/mol. The van der Waals surface area contributed by atoms with E-state index in [1.165, 1.54) is 5.56 Å². The predicted octanol–water partition coefficient (Wildman–Crippen LogP) is 4.89. The Labute approximate surface area is 194 Å². The minimum Gasteiger partial charge on any atom is -0.497 e. The van der Waals surface area contributed by atoms with Crippen molar-refractivity contribution in [3.63, 3.8) is 0 Å². The smallest absolute Gasteiger partial charge is 0.253 e. The van der Waals surface area contributed by atoms with Crippen LogP contribution in [0.2, 0.25) is 5.02 Å². The molecule has 0 saturated carbocycles. The molecule has 3 aromatic rings. The fourth-order valence-corrected chi connectivity index (χ4v) is 4.03. The Morgan fingerprint density at radius 2 is 1.66 bits per heavy atom. The van der Waals surface area contributed by atoms with E-state index in [1.807, 2.05) is 59.5 Å². The lowest BCUT2D eigenvalue weighted by atomic mass is 10.1. The number of hydrogen-bond acceptors (Lipinski definition) is 4. The summed E-state index contributed by atoms with van der Waals surface area (Å²) in [5, 5.41) is 0.576. The second kappa shape index (κ2) is 10.5. The maximum absolute atomic E-state index is 13.1. The second-order valence-electron chi connectivity index (χ2n) is 7.84. The van der Waals surface area contributed by atoms with Crippen LogP contribution in [0.5, 0.6) is 11.5 Å². The highest BCUT2D eigenvalue weighted by atomic mass is 35.5. The zero-order chi connectivity index (χ0) is 22.3. The van der Waals surface area contributed by atoms with Crippen molar-refractivity contribution in [1.29, 1.82) is 0 Å². The third-order valence-corrected chi connectivity index (χ3v) is 5.92. The van der Waals surface area contributed by atoms with Gasteiger partial charge in [-0.05, 0) is 47.5 Å². The number of carbonyl (C=O) groups excluding carboxylic acids is 1. The molecule has 166 valence electrons. The van der Waals surface area contributed by atoms with E-state index in [0.717, 1.165) is 30.9 Å². The van der Waals surface area contributed by atoms with Crippen LogP contribution in [0.1, 0.15) is 21.5 Å². The van der Waals surface area contributed by atoms with Gasteiger partial charge in [-0.25, -0.2) is 0 Å². The number of rotatable bonds is 7. The quantitative estimate of drug-likeness (QED) is 0.514. The topological polar surface area (TPSA) is 42.0 Å².